The Kier molecular flexibility index (Phi) is 9.48. The van der Waals surface area contributed by atoms with Gasteiger partial charge in [0.15, 0.2) is 0 Å². The molecule has 1 aromatic rings. The Balaban J connectivity index is 1.67. The van der Waals surface area contributed by atoms with Crippen LogP contribution in [0.4, 0.5) is 0 Å². The first-order valence-corrected chi connectivity index (χ1v) is 9.99. The van der Waals surface area contributed by atoms with Gasteiger partial charge in [0, 0.05) is 25.4 Å². The van der Waals surface area contributed by atoms with E-state index >= 15 is 0 Å². The Bertz CT molecular complexity index is 657. The Hall–Kier alpha value is -2.41. The second-order valence-corrected chi connectivity index (χ2v) is 6.84. The van der Waals surface area contributed by atoms with Crippen LogP contribution in [-0.2, 0) is 20.9 Å². The maximum atomic E-state index is 11.8. The summed E-state index contributed by atoms with van der Waals surface area (Å²) >= 11 is 0. The normalized spacial score (nSPS) is 15.9. The fourth-order valence-corrected chi connectivity index (χ4v) is 2.98. The van der Waals surface area contributed by atoms with E-state index in [2.05, 4.69) is 15.2 Å². The standard InChI is InChI=1S/C21H31N3O4/c1-3-27-21(26)17(2)20(25)23-10-5-8-14-28-19-15-18(9-11-22-19)16-24-12-6-4-7-13-24/h5,8-9,11,15,17H,3-4,6-7,10,12-14,16H2,1-2H3,(H,23,25)/b8-5-. The largest absolute Gasteiger partial charge is 0.473 e. The molecule has 1 aliphatic rings. The summed E-state index contributed by atoms with van der Waals surface area (Å²) in [4.78, 5) is 30.0. The SMILES string of the molecule is CCOC(=O)C(C)C(=O)NC/C=C\COc1cc(CN2CCCCC2)ccn1. The number of carbonyl (C=O) groups excluding carboxylic acids is 2. The molecule has 0 aromatic carbocycles. The zero-order valence-electron chi connectivity index (χ0n) is 16.9. The number of amides is 1. The third kappa shape index (κ3) is 7.68. The van der Waals surface area contributed by atoms with Crippen LogP contribution in [-0.4, -0.2) is 54.6 Å². The Morgan fingerprint density at radius 2 is 2.07 bits per heavy atom. The van der Waals surface area contributed by atoms with Crippen LogP contribution >= 0.6 is 0 Å². The lowest BCUT2D eigenvalue weighted by molar-refractivity contribution is -0.151. The van der Waals surface area contributed by atoms with Crippen LogP contribution in [0.2, 0.25) is 0 Å². The molecule has 0 radical (unpaired) electrons. The molecule has 0 aliphatic carbocycles. The first-order chi connectivity index (χ1) is 13.6. The van der Waals surface area contributed by atoms with Crippen molar-refractivity contribution in [3.8, 4) is 5.88 Å². The van der Waals surface area contributed by atoms with Crippen LogP contribution in [0.25, 0.3) is 0 Å². The number of nitrogens with zero attached hydrogens (tertiary/aromatic N) is 2. The highest BCUT2D eigenvalue weighted by Crippen LogP contribution is 2.15. The van der Waals surface area contributed by atoms with Gasteiger partial charge >= 0.3 is 5.97 Å². The number of hydrogen-bond donors (Lipinski definition) is 1. The number of likely N-dealkylation sites (tertiary alicyclic amines) is 1. The number of rotatable bonds is 10. The Morgan fingerprint density at radius 3 is 2.82 bits per heavy atom. The van der Waals surface area contributed by atoms with Crippen molar-refractivity contribution in [2.75, 3.05) is 32.8 Å². The van der Waals surface area contributed by atoms with Crippen molar-refractivity contribution in [3.63, 3.8) is 0 Å². The summed E-state index contributed by atoms with van der Waals surface area (Å²) in [6, 6.07) is 4.00. The monoisotopic (exact) mass is 389 g/mol. The summed E-state index contributed by atoms with van der Waals surface area (Å²) in [6.07, 6.45) is 9.25. The predicted molar refractivity (Wildman–Crippen MR) is 107 cm³/mol. The number of hydrogen-bond acceptors (Lipinski definition) is 6. The molecule has 1 N–H and O–H groups in total. The van der Waals surface area contributed by atoms with E-state index in [-0.39, 0.29) is 12.5 Å². The van der Waals surface area contributed by atoms with Gasteiger partial charge in [-0.1, -0.05) is 12.5 Å². The van der Waals surface area contributed by atoms with Crippen LogP contribution in [0.3, 0.4) is 0 Å². The number of esters is 1. The van der Waals surface area contributed by atoms with Gasteiger partial charge < -0.3 is 14.8 Å². The summed E-state index contributed by atoms with van der Waals surface area (Å²) in [5.74, 6) is -1.07. The molecule has 0 saturated carbocycles. The molecule has 7 heteroatoms. The predicted octanol–water partition coefficient (Wildman–Crippen LogP) is 2.32. The molecule has 7 nitrogen and oxygen atoms in total. The Morgan fingerprint density at radius 1 is 1.29 bits per heavy atom. The molecule has 1 unspecified atom stereocenters. The molecule has 1 aliphatic heterocycles. The van der Waals surface area contributed by atoms with Crippen molar-refractivity contribution in [1.29, 1.82) is 0 Å². The number of nitrogens with one attached hydrogen (secondary N) is 1. The molecule has 1 atom stereocenters. The smallest absolute Gasteiger partial charge is 0.318 e. The fraction of sp³-hybridized carbons (Fsp3) is 0.571. The lowest BCUT2D eigenvalue weighted by atomic mass is 10.1. The third-order valence-corrected chi connectivity index (χ3v) is 4.58. The van der Waals surface area contributed by atoms with E-state index in [1.165, 1.54) is 31.7 Å². The zero-order valence-corrected chi connectivity index (χ0v) is 16.9. The van der Waals surface area contributed by atoms with Gasteiger partial charge in [-0.25, -0.2) is 4.98 Å². The molecule has 0 spiro atoms. The molecule has 1 aromatic heterocycles. The highest BCUT2D eigenvalue weighted by atomic mass is 16.5. The number of piperidine rings is 1. The van der Waals surface area contributed by atoms with Gasteiger partial charge in [0.05, 0.1) is 6.61 Å². The lowest BCUT2D eigenvalue weighted by Crippen LogP contribution is -2.34. The topological polar surface area (TPSA) is 80.8 Å². The average molecular weight is 389 g/mol. The minimum Gasteiger partial charge on any atom is -0.473 e. The molecule has 1 saturated heterocycles. The molecular weight excluding hydrogens is 358 g/mol. The molecule has 2 heterocycles. The van der Waals surface area contributed by atoms with Gasteiger partial charge in [0.2, 0.25) is 11.8 Å². The van der Waals surface area contributed by atoms with Gasteiger partial charge in [-0.2, -0.15) is 0 Å². The number of aromatic nitrogens is 1. The van der Waals surface area contributed by atoms with Crippen molar-refractivity contribution in [1.82, 2.24) is 15.2 Å². The molecule has 1 fully saturated rings. The minimum absolute atomic E-state index is 0.265. The first-order valence-electron chi connectivity index (χ1n) is 9.99. The van der Waals surface area contributed by atoms with Crippen molar-refractivity contribution in [2.24, 2.45) is 5.92 Å². The van der Waals surface area contributed by atoms with Crippen LogP contribution in [0, 0.1) is 5.92 Å². The molecule has 2 rings (SSSR count). The summed E-state index contributed by atoms with van der Waals surface area (Å²) in [5.41, 5.74) is 1.20. The maximum Gasteiger partial charge on any atom is 0.318 e. The van der Waals surface area contributed by atoms with Gasteiger partial charge in [-0.15, -0.1) is 0 Å². The molecule has 0 bridgehead atoms. The van der Waals surface area contributed by atoms with Gasteiger partial charge in [-0.05, 0) is 57.5 Å². The van der Waals surface area contributed by atoms with E-state index in [0.29, 0.717) is 19.0 Å². The van der Waals surface area contributed by atoms with E-state index in [1.807, 2.05) is 18.2 Å². The molecular formula is C21H31N3O4. The van der Waals surface area contributed by atoms with Gasteiger partial charge in [0.25, 0.3) is 0 Å². The number of carbonyl (C=O) groups is 2. The number of ether oxygens (including phenoxy) is 2. The second-order valence-electron chi connectivity index (χ2n) is 6.84. The van der Waals surface area contributed by atoms with Gasteiger partial charge in [0.1, 0.15) is 12.5 Å². The van der Waals surface area contributed by atoms with E-state index in [4.69, 9.17) is 9.47 Å². The fourth-order valence-electron chi connectivity index (χ4n) is 2.98. The van der Waals surface area contributed by atoms with Crippen LogP contribution in [0.5, 0.6) is 5.88 Å². The van der Waals surface area contributed by atoms with E-state index < -0.39 is 11.9 Å². The second kappa shape index (κ2) is 12.1. The minimum atomic E-state index is -0.809. The van der Waals surface area contributed by atoms with Gasteiger partial charge in [-0.3, -0.25) is 14.5 Å². The van der Waals surface area contributed by atoms with Crippen molar-refractivity contribution in [3.05, 3.63) is 36.0 Å². The van der Waals surface area contributed by atoms with Crippen molar-refractivity contribution in [2.45, 2.75) is 39.7 Å². The molecule has 28 heavy (non-hydrogen) atoms. The van der Waals surface area contributed by atoms with E-state index in [0.717, 1.165) is 19.6 Å². The third-order valence-electron chi connectivity index (χ3n) is 4.58. The highest BCUT2D eigenvalue weighted by molar-refractivity contribution is 5.97. The summed E-state index contributed by atoms with van der Waals surface area (Å²) in [5, 5.41) is 2.67. The van der Waals surface area contributed by atoms with Crippen LogP contribution in [0.15, 0.2) is 30.5 Å². The highest BCUT2D eigenvalue weighted by Gasteiger charge is 2.21. The lowest BCUT2D eigenvalue weighted by Gasteiger charge is -2.26. The summed E-state index contributed by atoms with van der Waals surface area (Å²) in [6.45, 7) is 7.44. The van der Waals surface area contributed by atoms with E-state index in [9.17, 15) is 9.59 Å². The summed E-state index contributed by atoms with van der Waals surface area (Å²) in [7, 11) is 0. The number of pyridine rings is 1. The van der Waals surface area contributed by atoms with Crippen LogP contribution < -0.4 is 10.1 Å². The first kappa shape index (κ1) is 21.9. The Labute approximate surface area is 167 Å². The van der Waals surface area contributed by atoms with Crippen molar-refractivity contribution >= 4 is 11.9 Å². The summed E-state index contributed by atoms with van der Waals surface area (Å²) < 4.78 is 10.5. The molecule has 154 valence electrons. The van der Waals surface area contributed by atoms with E-state index in [1.54, 1.807) is 19.2 Å². The molecule has 1 amide bonds. The van der Waals surface area contributed by atoms with Crippen molar-refractivity contribution < 1.29 is 19.1 Å². The van der Waals surface area contributed by atoms with Crippen LogP contribution in [0.1, 0.15) is 38.7 Å². The maximum absolute atomic E-state index is 11.8. The quantitative estimate of drug-likeness (QED) is 0.376. The zero-order chi connectivity index (χ0) is 20.2. The average Bonchev–Trinajstić information content (AvgIpc) is 2.71.